The van der Waals surface area contributed by atoms with E-state index in [0.29, 0.717) is 0 Å². The van der Waals surface area contributed by atoms with Crippen molar-refractivity contribution in [3.63, 3.8) is 0 Å². The Hall–Kier alpha value is -2.05. The molecule has 7 heteroatoms. The van der Waals surface area contributed by atoms with Gasteiger partial charge in [-0.3, -0.25) is 4.57 Å². The zero-order valence-corrected chi connectivity index (χ0v) is 10.6. The topological polar surface area (TPSA) is 52.2 Å². The van der Waals surface area contributed by atoms with Gasteiger partial charge in [0.15, 0.2) is 0 Å². The van der Waals surface area contributed by atoms with Crippen LogP contribution in [-0.2, 0) is 6.54 Å². The number of para-hydroxylation sites is 1. The molecule has 0 aliphatic heterocycles. The smallest absolute Gasteiger partial charge is 0.372 e. The van der Waals surface area contributed by atoms with Crippen molar-refractivity contribution in [3.8, 4) is 0 Å². The Balaban J connectivity index is 2.40. The summed E-state index contributed by atoms with van der Waals surface area (Å²) in [6.45, 7) is 0.885. The fourth-order valence-corrected chi connectivity index (χ4v) is 1.87. The minimum Gasteiger partial charge on any atom is -0.372 e. The van der Waals surface area contributed by atoms with E-state index in [0.717, 1.165) is 11.5 Å². The number of alkyl halides is 3. The second-order valence-corrected chi connectivity index (χ2v) is 4.56. The summed E-state index contributed by atoms with van der Waals surface area (Å²) in [4.78, 5) is 23.1. The van der Waals surface area contributed by atoms with Gasteiger partial charge in [-0.05, 0) is 18.6 Å². The molecule has 0 fully saturated rings. The first kappa shape index (κ1) is 14.4. The van der Waals surface area contributed by atoms with E-state index in [1.165, 1.54) is 12.1 Å². The molecule has 1 atom stereocenters. The Bertz CT molecular complexity index is 730. The summed E-state index contributed by atoms with van der Waals surface area (Å²) in [7, 11) is 0. The van der Waals surface area contributed by atoms with Crippen molar-refractivity contribution in [2.75, 3.05) is 0 Å². The lowest BCUT2D eigenvalue weighted by atomic mass is 10.1. The highest BCUT2D eigenvalue weighted by molar-refractivity contribution is 5.77. The van der Waals surface area contributed by atoms with Crippen molar-refractivity contribution in [1.82, 2.24) is 4.57 Å². The maximum Gasteiger partial charge on any atom is 0.422 e. The molecule has 4 nitrogen and oxygen atoms in total. The first-order valence-electron chi connectivity index (χ1n) is 6.00. The van der Waals surface area contributed by atoms with Crippen molar-refractivity contribution in [1.29, 1.82) is 0 Å². The summed E-state index contributed by atoms with van der Waals surface area (Å²) >= 11 is 0. The van der Waals surface area contributed by atoms with Crippen molar-refractivity contribution in [3.05, 3.63) is 45.2 Å². The van der Waals surface area contributed by atoms with Gasteiger partial charge in [-0.25, -0.2) is 9.59 Å². The molecule has 0 bridgehead atoms. The summed E-state index contributed by atoms with van der Waals surface area (Å²) in [6.07, 6.45) is -4.57. The number of fused-ring (bicyclic) bond motifs is 1. The third-order valence-corrected chi connectivity index (χ3v) is 3.16. The normalized spacial score (nSPS) is 13.6. The summed E-state index contributed by atoms with van der Waals surface area (Å²) in [5.41, 5.74) is -0.506. The van der Waals surface area contributed by atoms with Crippen LogP contribution in [0.5, 0.6) is 0 Å². The molecule has 0 saturated heterocycles. The van der Waals surface area contributed by atoms with Crippen LogP contribution in [0.2, 0.25) is 0 Å². The molecule has 0 spiro atoms. The molecule has 0 aliphatic carbocycles. The molecule has 108 valence electrons. The van der Waals surface area contributed by atoms with E-state index in [-0.39, 0.29) is 23.9 Å². The van der Waals surface area contributed by atoms with E-state index in [1.807, 2.05) is 0 Å². The van der Waals surface area contributed by atoms with E-state index >= 15 is 0 Å². The number of hydrogen-bond donors (Lipinski definition) is 0. The highest BCUT2D eigenvalue weighted by Gasteiger charge is 2.35. The molecule has 1 aromatic carbocycles. The van der Waals surface area contributed by atoms with Gasteiger partial charge in [-0.1, -0.05) is 19.1 Å². The van der Waals surface area contributed by atoms with Crippen LogP contribution < -0.4 is 11.4 Å². The summed E-state index contributed by atoms with van der Waals surface area (Å²) in [5, 5.41) is 0.173. The number of aryl methyl sites for hydroxylation is 1. The third-order valence-electron chi connectivity index (χ3n) is 3.16. The van der Waals surface area contributed by atoms with Crippen LogP contribution in [0, 0.1) is 5.92 Å². The second-order valence-electron chi connectivity index (χ2n) is 4.56. The molecule has 2 rings (SSSR count). The van der Waals surface area contributed by atoms with Gasteiger partial charge in [0.25, 0.3) is 0 Å². The molecule has 0 saturated carbocycles. The molecule has 1 heterocycles. The SMILES string of the molecule is CC(CCn1c(=O)oc(=O)c2ccccc21)C(F)(F)F. The number of benzene rings is 1. The standard InChI is InChI=1S/C13H12F3NO3/c1-8(13(14,15)16)6-7-17-10-5-3-2-4-9(10)11(18)20-12(17)19/h2-5,8H,6-7H2,1H3. The fraction of sp³-hybridized carbons (Fsp3) is 0.385. The number of rotatable bonds is 3. The highest BCUT2D eigenvalue weighted by atomic mass is 19.4. The van der Waals surface area contributed by atoms with Crippen molar-refractivity contribution >= 4 is 10.9 Å². The van der Waals surface area contributed by atoms with Crippen molar-refractivity contribution in [2.24, 2.45) is 5.92 Å². The molecule has 1 unspecified atom stereocenters. The third kappa shape index (κ3) is 2.76. The van der Waals surface area contributed by atoms with Gasteiger partial charge in [0.1, 0.15) is 0 Å². The first-order valence-corrected chi connectivity index (χ1v) is 6.00. The number of nitrogens with zero attached hydrogens (tertiary/aromatic N) is 1. The van der Waals surface area contributed by atoms with Crippen LogP contribution in [0.4, 0.5) is 13.2 Å². The zero-order chi connectivity index (χ0) is 14.9. The monoisotopic (exact) mass is 287 g/mol. The summed E-state index contributed by atoms with van der Waals surface area (Å²) in [6, 6.07) is 6.16. The van der Waals surface area contributed by atoms with Crippen LogP contribution in [0.1, 0.15) is 13.3 Å². The van der Waals surface area contributed by atoms with E-state index in [9.17, 15) is 22.8 Å². The number of aromatic nitrogens is 1. The van der Waals surface area contributed by atoms with E-state index in [2.05, 4.69) is 4.42 Å². The van der Waals surface area contributed by atoms with Gasteiger partial charge < -0.3 is 4.42 Å². The van der Waals surface area contributed by atoms with Gasteiger partial charge in [0.05, 0.1) is 16.8 Å². The minimum absolute atomic E-state index is 0.163. The summed E-state index contributed by atoms with van der Waals surface area (Å²) in [5.74, 6) is -2.48. The van der Waals surface area contributed by atoms with Crippen molar-refractivity contribution < 1.29 is 17.6 Å². The van der Waals surface area contributed by atoms with Gasteiger partial charge >= 0.3 is 17.6 Å². The molecular formula is C13H12F3NO3. The molecular weight excluding hydrogens is 275 g/mol. The Kier molecular flexibility index (Phi) is 3.69. The Morgan fingerprint density at radius 3 is 2.55 bits per heavy atom. The molecule has 0 aliphatic rings. The van der Waals surface area contributed by atoms with Crippen LogP contribution in [0.3, 0.4) is 0 Å². The largest absolute Gasteiger partial charge is 0.422 e. The van der Waals surface area contributed by atoms with Crippen LogP contribution in [-0.4, -0.2) is 10.7 Å². The van der Waals surface area contributed by atoms with Gasteiger partial charge in [-0.2, -0.15) is 13.2 Å². The summed E-state index contributed by atoms with van der Waals surface area (Å²) < 4.78 is 43.0. The second kappa shape index (κ2) is 5.15. The molecule has 2 aromatic rings. The Morgan fingerprint density at radius 2 is 1.90 bits per heavy atom. The van der Waals surface area contributed by atoms with Crippen molar-refractivity contribution in [2.45, 2.75) is 26.1 Å². The van der Waals surface area contributed by atoms with Crippen LogP contribution >= 0.6 is 0 Å². The highest BCUT2D eigenvalue weighted by Crippen LogP contribution is 2.28. The Morgan fingerprint density at radius 1 is 1.25 bits per heavy atom. The quantitative estimate of drug-likeness (QED) is 0.871. The molecule has 20 heavy (non-hydrogen) atoms. The number of halogens is 3. The maximum absolute atomic E-state index is 12.5. The predicted molar refractivity (Wildman–Crippen MR) is 66.6 cm³/mol. The lowest BCUT2D eigenvalue weighted by Gasteiger charge is -2.16. The molecule has 1 aromatic heterocycles. The lowest BCUT2D eigenvalue weighted by Crippen LogP contribution is -2.28. The average Bonchev–Trinajstić information content (AvgIpc) is 2.37. The molecule has 0 radical (unpaired) electrons. The molecule has 0 amide bonds. The van der Waals surface area contributed by atoms with E-state index in [1.54, 1.807) is 12.1 Å². The van der Waals surface area contributed by atoms with Gasteiger partial charge in [0, 0.05) is 6.54 Å². The Labute approximate surface area is 111 Å². The average molecular weight is 287 g/mol. The zero-order valence-electron chi connectivity index (χ0n) is 10.6. The van der Waals surface area contributed by atoms with Crippen LogP contribution in [0.25, 0.3) is 10.9 Å². The maximum atomic E-state index is 12.5. The fourth-order valence-electron chi connectivity index (χ4n) is 1.87. The predicted octanol–water partition coefficient (Wildman–Crippen LogP) is 2.54. The number of hydrogen-bond acceptors (Lipinski definition) is 3. The first-order chi connectivity index (χ1) is 9.30. The van der Waals surface area contributed by atoms with Gasteiger partial charge in [0.2, 0.25) is 0 Å². The van der Waals surface area contributed by atoms with E-state index in [4.69, 9.17) is 0 Å². The van der Waals surface area contributed by atoms with Gasteiger partial charge in [-0.15, -0.1) is 0 Å². The lowest BCUT2D eigenvalue weighted by molar-refractivity contribution is -0.171. The van der Waals surface area contributed by atoms with Crippen LogP contribution in [0.15, 0.2) is 38.3 Å². The molecule has 0 N–H and O–H groups in total. The minimum atomic E-state index is -4.31. The van der Waals surface area contributed by atoms with E-state index < -0.39 is 23.5 Å².